The van der Waals surface area contributed by atoms with Gasteiger partial charge in [-0.15, -0.1) is 0 Å². The summed E-state index contributed by atoms with van der Waals surface area (Å²) in [5.41, 5.74) is 0. The molecule has 0 saturated carbocycles. The molecule has 0 spiro atoms. The number of hydrogen-bond donors (Lipinski definition) is 1. The molecular weight excluding hydrogens is 238 g/mol. The predicted octanol–water partition coefficient (Wildman–Crippen LogP) is 2.57. The zero-order valence-corrected chi connectivity index (χ0v) is 10.2. The van der Waals surface area contributed by atoms with Crippen LogP contribution in [0.3, 0.4) is 0 Å². The second kappa shape index (κ2) is 4.92. The van der Waals surface area contributed by atoms with E-state index in [1.807, 2.05) is 13.0 Å². The van der Waals surface area contributed by atoms with Crippen LogP contribution in [0.1, 0.15) is 23.5 Å². The molecule has 88 valence electrons. The summed E-state index contributed by atoms with van der Waals surface area (Å²) in [6, 6.07) is 0. The first-order valence-corrected chi connectivity index (χ1v) is 5.79. The van der Waals surface area contributed by atoms with Gasteiger partial charge in [-0.05, 0) is 13.0 Å². The van der Waals surface area contributed by atoms with Crippen molar-refractivity contribution in [3.05, 3.63) is 28.9 Å². The number of amides is 1. The number of anilines is 1. The molecule has 0 aliphatic rings. The van der Waals surface area contributed by atoms with Gasteiger partial charge in [0.1, 0.15) is 5.76 Å². The molecule has 2 rings (SSSR count). The summed E-state index contributed by atoms with van der Waals surface area (Å²) in [7, 11) is 0. The Bertz CT molecular complexity index is 557. The average molecular weight is 249 g/mol. The molecular formula is C11H11N3O2S. The Balaban J connectivity index is 2.06. The van der Waals surface area contributed by atoms with Crippen molar-refractivity contribution in [3.63, 3.8) is 0 Å². The number of aryl methyl sites for hydroxylation is 1. The Morgan fingerprint density at radius 3 is 2.88 bits per heavy atom. The molecule has 0 fully saturated rings. The maximum atomic E-state index is 10.8. The molecule has 0 atom stereocenters. The monoisotopic (exact) mass is 249 g/mol. The van der Waals surface area contributed by atoms with Crippen molar-refractivity contribution in [3.8, 4) is 0 Å². The van der Waals surface area contributed by atoms with Crippen molar-refractivity contribution < 1.29 is 9.21 Å². The largest absolute Gasteiger partial charge is 0.442 e. The van der Waals surface area contributed by atoms with Gasteiger partial charge in [-0.2, -0.15) is 0 Å². The third-order valence-corrected chi connectivity index (χ3v) is 2.71. The summed E-state index contributed by atoms with van der Waals surface area (Å²) in [5, 5.41) is 3.21. The molecule has 2 aromatic rings. The van der Waals surface area contributed by atoms with Crippen molar-refractivity contribution in [2.45, 2.75) is 13.8 Å². The molecule has 0 aliphatic heterocycles. The lowest BCUT2D eigenvalue weighted by Gasteiger charge is -1.91. The van der Waals surface area contributed by atoms with E-state index in [1.165, 1.54) is 18.3 Å². The molecule has 1 N–H and O–H groups in total. The van der Waals surface area contributed by atoms with Crippen molar-refractivity contribution in [2.24, 2.45) is 0 Å². The van der Waals surface area contributed by atoms with Crippen molar-refractivity contribution in [1.82, 2.24) is 9.97 Å². The van der Waals surface area contributed by atoms with Gasteiger partial charge >= 0.3 is 0 Å². The van der Waals surface area contributed by atoms with E-state index in [9.17, 15) is 4.79 Å². The molecule has 1 amide bonds. The van der Waals surface area contributed by atoms with Crippen LogP contribution in [0.25, 0.3) is 12.2 Å². The summed E-state index contributed by atoms with van der Waals surface area (Å²) in [6.45, 7) is 3.29. The quantitative estimate of drug-likeness (QED) is 0.907. The lowest BCUT2D eigenvalue weighted by molar-refractivity contribution is -0.114. The summed E-state index contributed by atoms with van der Waals surface area (Å²) in [4.78, 5) is 19.8. The van der Waals surface area contributed by atoms with E-state index in [1.54, 1.807) is 18.5 Å². The number of oxazole rings is 1. The Hall–Kier alpha value is -1.95. The average Bonchev–Trinajstić information content (AvgIpc) is 2.84. The van der Waals surface area contributed by atoms with Crippen LogP contribution in [0.15, 0.2) is 16.8 Å². The first-order chi connectivity index (χ1) is 8.13. The molecule has 6 heteroatoms. The zero-order chi connectivity index (χ0) is 12.3. The van der Waals surface area contributed by atoms with Crippen LogP contribution in [-0.2, 0) is 4.79 Å². The first-order valence-electron chi connectivity index (χ1n) is 4.97. The molecule has 2 heterocycles. The van der Waals surface area contributed by atoms with Crippen LogP contribution < -0.4 is 5.32 Å². The summed E-state index contributed by atoms with van der Waals surface area (Å²) >= 11 is 1.39. The van der Waals surface area contributed by atoms with Gasteiger partial charge in [0, 0.05) is 24.1 Å². The number of carbonyl (C=O) groups is 1. The normalized spacial score (nSPS) is 10.9. The number of hydrogen-bond acceptors (Lipinski definition) is 5. The highest BCUT2D eigenvalue weighted by molar-refractivity contribution is 7.16. The summed E-state index contributed by atoms with van der Waals surface area (Å²) < 4.78 is 5.29. The second-order valence-electron chi connectivity index (χ2n) is 3.39. The highest BCUT2D eigenvalue weighted by atomic mass is 32.1. The number of nitrogens with one attached hydrogen (secondary N) is 1. The van der Waals surface area contributed by atoms with Gasteiger partial charge in [-0.25, -0.2) is 9.97 Å². The Labute approximate surface area is 102 Å². The van der Waals surface area contributed by atoms with Gasteiger partial charge in [0.2, 0.25) is 11.8 Å². The van der Waals surface area contributed by atoms with Crippen molar-refractivity contribution >= 4 is 34.5 Å². The van der Waals surface area contributed by atoms with Gasteiger partial charge < -0.3 is 9.73 Å². The Kier molecular flexibility index (Phi) is 3.34. The minimum absolute atomic E-state index is 0.127. The lowest BCUT2D eigenvalue weighted by Crippen LogP contribution is -2.04. The maximum absolute atomic E-state index is 10.8. The van der Waals surface area contributed by atoms with Crippen LogP contribution in [0.5, 0.6) is 0 Å². The topological polar surface area (TPSA) is 68.0 Å². The SMILES string of the molecule is CC(=O)Nc1ncc(/C=C\c2ncc(C)o2)s1. The highest BCUT2D eigenvalue weighted by Gasteiger charge is 2.01. The number of nitrogens with zero attached hydrogens (tertiary/aromatic N) is 2. The molecule has 0 unspecified atom stereocenters. The summed E-state index contributed by atoms with van der Waals surface area (Å²) in [5.74, 6) is 1.20. The van der Waals surface area contributed by atoms with E-state index in [0.717, 1.165) is 10.6 Å². The third kappa shape index (κ3) is 3.25. The second-order valence-corrected chi connectivity index (χ2v) is 4.45. The van der Waals surface area contributed by atoms with E-state index in [4.69, 9.17) is 4.42 Å². The molecule has 17 heavy (non-hydrogen) atoms. The molecule has 2 aromatic heterocycles. The predicted molar refractivity (Wildman–Crippen MR) is 66.6 cm³/mol. The Morgan fingerprint density at radius 1 is 1.41 bits per heavy atom. The van der Waals surface area contributed by atoms with Gasteiger partial charge in [-0.1, -0.05) is 11.3 Å². The van der Waals surface area contributed by atoms with E-state index < -0.39 is 0 Å². The standard InChI is InChI=1S/C11H11N3O2S/c1-7-5-12-10(16-7)4-3-9-6-13-11(17-9)14-8(2)15/h3-6H,1-2H3,(H,13,14,15)/b4-3-. The lowest BCUT2D eigenvalue weighted by atomic mass is 10.4. The number of rotatable bonds is 3. The van der Waals surface area contributed by atoms with Gasteiger partial charge in [0.05, 0.1) is 6.20 Å². The van der Waals surface area contributed by atoms with Crippen LogP contribution in [-0.4, -0.2) is 15.9 Å². The van der Waals surface area contributed by atoms with Crippen molar-refractivity contribution in [2.75, 3.05) is 5.32 Å². The summed E-state index contributed by atoms with van der Waals surface area (Å²) in [6.07, 6.45) is 6.95. The zero-order valence-electron chi connectivity index (χ0n) is 9.43. The van der Waals surface area contributed by atoms with Gasteiger partial charge in [-0.3, -0.25) is 4.79 Å². The van der Waals surface area contributed by atoms with E-state index in [-0.39, 0.29) is 5.91 Å². The van der Waals surface area contributed by atoms with E-state index in [0.29, 0.717) is 11.0 Å². The molecule has 0 bridgehead atoms. The van der Waals surface area contributed by atoms with Crippen molar-refractivity contribution in [1.29, 1.82) is 0 Å². The molecule has 0 aromatic carbocycles. The number of carbonyl (C=O) groups excluding carboxylic acids is 1. The Morgan fingerprint density at radius 2 is 2.24 bits per heavy atom. The van der Waals surface area contributed by atoms with Gasteiger partial charge in [0.25, 0.3) is 0 Å². The fourth-order valence-electron chi connectivity index (χ4n) is 1.17. The molecule has 0 saturated heterocycles. The maximum Gasteiger partial charge on any atom is 0.223 e. The van der Waals surface area contributed by atoms with Gasteiger partial charge in [0.15, 0.2) is 5.13 Å². The molecule has 0 aliphatic carbocycles. The van der Waals surface area contributed by atoms with Crippen LogP contribution in [0.4, 0.5) is 5.13 Å². The first kappa shape index (κ1) is 11.5. The fourth-order valence-corrected chi connectivity index (χ4v) is 1.94. The van der Waals surface area contributed by atoms with Crippen LogP contribution in [0.2, 0.25) is 0 Å². The smallest absolute Gasteiger partial charge is 0.223 e. The minimum atomic E-state index is -0.127. The van der Waals surface area contributed by atoms with E-state index >= 15 is 0 Å². The van der Waals surface area contributed by atoms with E-state index in [2.05, 4.69) is 15.3 Å². The van der Waals surface area contributed by atoms with Crippen LogP contribution >= 0.6 is 11.3 Å². The third-order valence-electron chi connectivity index (χ3n) is 1.84. The molecule has 5 nitrogen and oxygen atoms in total. The highest BCUT2D eigenvalue weighted by Crippen LogP contribution is 2.20. The van der Waals surface area contributed by atoms with Crippen LogP contribution in [0, 0.1) is 6.92 Å². The minimum Gasteiger partial charge on any atom is -0.442 e. The fraction of sp³-hybridized carbons (Fsp3) is 0.182. The molecule has 0 radical (unpaired) electrons. The number of thiazole rings is 1. The number of aromatic nitrogens is 2.